The molecule has 0 aromatic heterocycles. The van der Waals surface area contributed by atoms with Crippen molar-refractivity contribution in [3.63, 3.8) is 0 Å². The molecule has 9 heavy (non-hydrogen) atoms. The van der Waals surface area contributed by atoms with Crippen LogP contribution in [0.5, 0.6) is 0 Å². The lowest BCUT2D eigenvalue weighted by atomic mass is 10.5. The van der Waals surface area contributed by atoms with Crippen molar-refractivity contribution in [3.05, 3.63) is 0 Å². The summed E-state index contributed by atoms with van der Waals surface area (Å²) in [6.45, 7) is -1.07. The van der Waals surface area contributed by atoms with Gasteiger partial charge < -0.3 is 0 Å². The van der Waals surface area contributed by atoms with Gasteiger partial charge in [-0.3, -0.25) is 4.74 Å². The minimum atomic E-state index is -4.59. The molecule has 5 heteroatoms. The molecule has 0 aromatic rings. The summed E-state index contributed by atoms with van der Waals surface area (Å²) in [4.78, 5) is 0. The van der Waals surface area contributed by atoms with E-state index in [4.69, 9.17) is 0 Å². The van der Waals surface area contributed by atoms with E-state index < -0.39 is 19.6 Å². The zero-order chi connectivity index (χ0) is 7.33. The molecule has 1 radical (unpaired) electrons. The number of hydrogen-bond acceptors (Lipinski definition) is 1. The van der Waals surface area contributed by atoms with Crippen molar-refractivity contribution in [1.29, 1.82) is 0 Å². The number of rotatable bonds is 3. The van der Waals surface area contributed by atoms with Crippen LogP contribution in [0.2, 0.25) is 0 Å². The standard InChI is InChI=1S/C4H6F3O2/c5-4(6,7)9-3-1-2-8/h1-3H2. The molecule has 0 aliphatic heterocycles. The highest BCUT2D eigenvalue weighted by molar-refractivity contribution is 4.32. The lowest BCUT2D eigenvalue weighted by Crippen LogP contribution is -2.14. The Morgan fingerprint density at radius 2 is 1.89 bits per heavy atom. The summed E-state index contributed by atoms with van der Waals surface area (Å²) in [5.74, 6) is 0. The molecule has 0 N–H and O–H groups in total. The monoisotopic (exact) mass is 143 g/mol. The molecule has 0 aliphatic carbocycles. The summed E-state index contributed by atoms with van der Waals surface area (Å²) < 4.78 is 36.4. The molecule has 0 spiro atoms. The van der Waals surface area contributed by atoms with E-state index in [0.717, 1.165) is 0 Å². The molecule has 0 saturated carbocycles. The average molecular weight is 143 g/mol. The van der Waals surface area contributed by atoms with E-state index in [1.165, 1.54) is 0 Å². The first-order valence-electron chi connectivity index (χ1n) is 2.35. The molecule has 0 unspecified atom stereocenters. The minimum absolute atomic E-state index is 0.0977. The van der Waals surface area contributed by atoms with Gasteiger partial charge >= 0.3 is 6.36 Å². The molecule has 0 heterocycles. The van der Waals surface area contributed by atoms with Gasteiger partial charge in [-0.05, 0) is 6.42 Å². The number of hydrogen-bond donors (Lipinski definition) is 0. The van der Waals surface area contributed by atoms with E-state index in [1.807, 2.05) is 0 Å². The molecule has 0 rings (SSSR count). The van der Waals surface area contributed by atoms with E-state index in [0.29, 0.717) is 0 Å². The van der Waals surface area contributed by atoms with Crippen molar-refractivity contribution in [3.8, 4) is 0 Å². The fourth-order valence-corrected chi connectivity index (χ4v) is 0.247. The molecular weight excluding hydrogens is 137 g/mol. The maximum Gasteiger partial charge on any atom is 0.522 e. The molecular formula is C4H6F3O2. The Bertz CT molecular complexity index is 70.7. The lowest BCUT2D eigenvalue weighted by Gasteiger charge is -2.04. The predicted molar refractivity (Wildman–Crippen MR) is 22.2 cm³/mol. The van der Waals surface area contributed by atoms with Crippen LogP contribution < -0.4 is 0 Å². The topological polar surface area (TPSA) is 29.1 Å². The maximum absolute atomic E-state index is 11.1. The Morgan fingerprint density at radius 1 is 1.33 bits per heavy atom. The van der Waals surface area contributed by atoms with Crippen molar-refractivity contribution in [2.45, 2.75) is 12.8 Å². The molecule has 0 aromatic carbocycles. The van der Waals surface area contributed by atoms with Gasteiger partial charge in [0, 0.05) is 0 Å². The van der Waals surface area contributed by atoms with Gasteiger partial charge in [0.05, 0.1) is 13.2 Å². The number of alkyl halides is 3. The predicted octanol–water partition coefficient (Wildman–Crippen LogP) is 1.34. The molecule has 0 saturated heterocycles. The highest BCUT2D eigenvalue weighted by Gasteiger charge is 2.28. The van der Waals surface area contributed by atoms with Crippen LogP contribution in [0.15, 0.2) is 0 Å². The number of ether oxygens (including phenoxy) is 1. The van der Waals surface area contributed by atoms with E-state index in [1.54, 1.807) is 0 Å². The second-order valence-corrected chi connectivity index (χ2v) is 1.35. The molecule has 0 atom stereocenters. The highest BCUT2D eigenvalue weighted by atomic mass is 19.4. The normalized spacial score (nSPS) is 12.0. The quantitative estimate of drug-likeness (QED) is 0.548. The Kier molecular flexibility index (Phi) is 3.56. The van der Waals surface area contributed by atoms with Crippen LogP contribution in [0.4, 0.5) is 13.2 Å². The number of halogens is 3. The Labute approximate surface area is 50.2 Å². The van der Waals surface area contributed by atoms with E-state index in [9.17, 15) is 18.3 Å². The third-order valence-electron chi connectivity index (χ3n) is 0.554. The minimum Gasteiger partial charge on any atom is -0.292 e. The van der Waals surface area contributed by atoms with E-state index in [2.05, 4.69) is 4.74 Å². The van der Waals surface area contributed by atoms with Gasteiger partial charge in [0.1, 0.15) is 0 Å². The van der Waals surface area contributed by atoms with Crippen LogP contribution in [0, 0.1) is 0 Å². The summed E-state index contributed by atoms with van der Waals surface area (Å²) in [6.07, 6.45) is -4.69. The summed E-state index contributed by atoms with van der Waals surface area (Å²) in [6, 6.07) is 0. The second-order valence-electron chi connectivity index (χ2n) is 1.35. The second kappa shape index (κ2) is 3.68. The highest BCUT2D eigenvalue weighted by Crippen LogP contribution is 2.15. The summed E-state index contributed by atoms with van der Waals surface area (Å²) in [7, 11) is 0. The Balaban J connectivity index is 3.07. The molecule has 0 amide bonds. The third kappa shape index (κ3) is 7.71. The van der Waals surface area contributed by atoms with Gasteiger partial charge in [0.15, 0.2) is 0 Å². The van der Waals surface area contributed by atoms with Crippen LogP contribution in [-0.4, -0.2) is 19.6 Å². The first kappa shape index (κ1) is 8.71. The smallest absolute Gasteiger partial charge is 0.292 e. The fraction of sp³-hybridized carbons (Fsp3) is 1.00. The van der Waals surface area contributed by atoms with Crippen LogP contribution in [-0.2, 0) is 9.84 Å². The van der Waals surface area contributed by atoms with Gasteiger partial charge in [-0.1, -0.05) is 0 Å². The summed E-state index contributed by atoms with van der Waals surface area (Å²) in [5.41, 5.74) is 0. The summed E-state index contributed by atoms with van der Waals surface area (Å²) in [5, 5.41) is 9.57. The molecule has 2 nitrogen and oxygen atoms in total. The molecule has 0 bridgehead atoms. The molecule has 0 aliphatic rings. The van der Waals surface area contributed by atoms with Crippen molar-refractivity contribution in [1.82, 2.24) is 0 Å². The van der Waals surface area contributed by atoms with Crippen LogP contribution in [0.3, 0.4) is 0 Å². The molecule has 0 fully saturated rings. The zero-order valence-corrected chi connectivity index (χ0v) is 4.57. The van der Waals surface area contributed by atoms with Crippen LogP contribution >= 0.6 is 0 Å². The van der Waals surface area contributed by atoms with Gasteiger partial charge in [-0.25, -0.2) is 5.11 Å². The van der Waals surface area contributed by atoms with Crippen LogP contribution in [0.1, 0.15) is 6.42 Å². The van der Waals surface area contributed by atoms with Crippen molar-refractivity contribution < 1.29 is 23.0 Å². The Hall–Kier alpha value is -0.290. The van der Waals surface area contributed by atoms with Gasteiger partial charge in [-0.2, -0.15) is 0 Å². The van der Waals surface area contributed by atoms with Gasteiger partial charge in [-0.15, -0.1) is 13.2 Å². The first-order chi connectivity index (χ1) is 4.06. The van der Waals surface area contributed by atoms with Crippen molar-refractivity contribution in [2.75, 3.05) is 13.2 Å². The first-order valence-corrected chi connectivity index (χ1v) is 2.35. The van der Waals surface area contributed by atoms with Crippen LogP contribution in [0.25, 0.3) is 0 Å². The largest absolute Gasteiger partial charge is 0.522 e. The fourth-order valence-electron chi connectivity index (χ4n) is 0.247. The van der Waals surface area contributed by atoms with Gasteiger partial charge in [0.25, 0.3) is 0 Å². The van der Waals surface area contributed by atoms with E-state index in [-0.39, 0.29) is 6.42 Å². The third-order valence-corrected chi connectivity index (χ3v) is 0.554. The SMILES string of the molecule is [O]CCCOC(F)(F)F. The summed E-state index contributed by atoms with van der Waals surface area (Å²) >= 11 is 0. The average Bonchev–Trinajstić information content (AvgIpc) is 1.63. The zero-order valence-electron chi connectivity index (χ0n) is 4.57. The molecule has 55 valence electrons. The van der Waals surface area contributed by atoms with Crippen molar-refractivity contribution in [2.24, 2.45) is 0 Å². The Morgan fingerprint density at radius 3 is 2.22 bits per heavy atom. The van der Waals surface area contributed by atoms with Crippen molar-refractivity contribution >= 4 is 0 Å². The maximum atomic E-state index is 11.1. The van der Waals surface area contributed by atoms with E-state index >= 15 is 0 Å². The van der Waals surface area contributed by atoms with Gasteiger partial charge in [0.2, 0.25) is 0 Å². The lowest BCUT2D eigenvalue weighted by molar-refractivity contribution is -0.325.